The molecule has 1 amide bonds. The molecule has 2 heterocycles. The maximum absolute atomic E-state index is 12.0. The van der Waals surface area contributed by atoms with E-state index in [1.165, 1.54) is 22.7 Å². The zero-order chi connectivity index (χ0) is 15.5. The van der Waals surface area contributed by atoms with Crippen LogP contribution in [0, 0.1) is 6.92 Å². The van der Waals surface area contributed by atoms with Gasteiger partial charge in [-0.25, -0.2) is 9.78 Å². The summed E-state index contributed by atoms with van der Waals surface area (Å²) in [6, 6.07) is 9.46. The van der Waals surface area contributed by atoms with Crippen molar-refractivity contribution in [1.82, 2.24) is 4.98 Å². The van der Waals surface area contributed by atoms with Crippen molar-refractivity contribution < 1.29 is 14.3 Å². The quantitative estimate of drug-likeness (QED) is 0.743. The van der Waals surface area contributed by atoms with E-state index in [9.17, 15) is 9.59 Å². The number of anilines is 1. The molecule has 0 saturated heterocycles. The van der Waals surface area contributed by atoms with Gasteiger partial charge < -0.3 is 4.74 Å². The molecule has 0 radical (unpaired) electrons. The molecule has 3 rings (SSSR count). The first-order valence-corrected chi connectivity index (χ1v) is 8.19. The van der Waals surface area contributed by atoms with Crippen molar-refractivity contribution in [3.8, 4) is 0 Å². The minimum atomic E-state index is -0.494. The number of nitrogens with one attached hydrogen (secondary N) is 1. The second-order valence-electron chi connectivity index (χ2n) is 4.57. The molecule has 0 aliphatic rings. The molecule has 0 bridgehead atoms. The molecule has 0 aliphatic carbocycles. The predicted octanol–water partition coefficient (Wildman–Crippen LogP) is 3.46. The molecule has 0 unspecified atom stereocenters. The third-order valence-corrected chi connectivity index (χ3v) is 4.80. The average Bonchev–Trinajstić information content (AvgIpc) is 3.10. The molecule has 0 spiro atoms. The van der Waals surface area contributed by atoms with E-state index < -0.39 is 11.9 Å². The first-order chi connectivity index (χ1) is 10.6. The Bertz CT molecular complexity index is 805. The van der Waals surface area contributed by atoms with Gasteiger partial charge in [0.2, 0.25) is 0 Å². The van der Waals surface area contributed by atoms with E-state index in [4.69, 9.17) is 4.74 Å². The van der Waals surface area contributed by atoms with Crippen molar-refractivity contribution in [2.45, 2.75) is 6.92 Å². The monoisotopic (exact) mass is 332 g/mol. The number of aromatic nitrogens is 1. The van der Waals surface area contributed by atoms with Crippen LogP contribution in [-0.4, -0.2) is 23.5 Å². The van der Waals surface area contributed by atoms with Crippen LogP contribution >= 0.6 is 22.7 Å². The normalized spacial score (nSPS) is 10.6. The van der Waals surface area contributed by atoms with E-state index >= 15 is 0 Å². The minimum Gasteiger partial charge on any atom is -0.451 e. The average molecular weight is 332 g/mol. The summed E-state index contributed by atoms with van der Waals surface area (Å²) in [7, 11) is 0. The number of aryl methyl sites for hydroxylation is 1. The van der Waals surface area contributed by atoms with E-state index in [1.54, 1.807) is 6.07 Å². The van der Waals surface area contributed by atoms with Crippen LogP contribution in [0.25, 0.3) is 10.1 Å². The summed E-state index contributed by atoms with van der Waals surface area (Å²) in [5.41, 5.74) is 0.836. The van der Waals surface area contributed by atoms with Crippen LogP contribution in [0.15, 0.2) is 35.7 Å². The Kier molecular flexibility index (Phi) is 4.17. The van der Waals surface area contributed by atoms with Gasteiger partial charge in [-0.15, -0.1) is 22.7 Å². The van der Waals surface area contributed by atoms with Gasteiger partial charge in [-0.2, -0.15) is 0 Å². The van der Waals surface area contributed by atoms with Crippen LogP contribution in [0.5, 0.6) is 0 Å². The predicted molar refractivity (Wildman–Crippen MR) is 87.6 cm³/mol. The molecular formula is C15H12N2O3S2. The molecule has 1 aromatic carbocycles. The highest BCUT2D eigenvalue weighted by atomic mass is 32.1. The lowest BCUT2D eigenvalue weighted by Crippen LogP contribution is -2.20. The third-order valence-electron chi connectivity index (χ3n) is 2.83. The second kappa shape index (κ2) is 6.25. The smallest absolute Gasteiger partial charge is 0.348 e. The Labute approximate surface area is 134 Å². The van der Waals surface area contributed by atoms with E-state index in [2.05, 4.69) is 10.3 Å². The summed E-state index contributed by atoms with van der Waals surface area (Å²) in [5, 5.41) is 5.91. The maximum Gasteiger partial charge on any atom is 0.348 e. The van der Waals surface area contributed by atoms with E-state index in [0.717, 1.165) is 15.8 Å². The standard InChI is InChI=1S/C15H12N2O3S2/c1-9-8-21-15(16-9)17-13(18)7-20-14(19)12-6-10-4-2-3-5-11(10)22-12/h2-6,8H,7H2,1H3,(H,16,17,18). The number of amides is 1. The van der Waals surface area contributed by atoms with Gasteiger partial charge in [-0.1, -0.05) is 18.2 Å². The fraction of sp³-hybridized carbons (Fsp3) is 0.133. The van der Waals surface area contributed by atoms with E-state index in [1.807, 2.05) is 36.6 Å². The van der Waals surface area contributed by atoms with Gasteiger partial charge in [0.05, 0.1) is 5.69 Å². The first kappa shape index (κ1) is 14.7. The van der Waals surface area contributed by atoms with Crippen molar-refractivity contribution in [1.29, 1.82) is 0 Å². The molecule has 0 atom stereocenters. The maximum atomic E-state index is 12.0. The van der Waals surface area contributed by atoms with Gasteiger partial charge in [0, 0.05) is 10.1 Å². The summed E-state index contributed by atoms with van der Waals surface area (Å²) in [6.45, 7) is 1.51. The number of ether oxygens (including phenoxy) is 1. The Balaban J connectivity index is 1.58. The van der Waals surface area contributed by atoms with Crippen LogP contribution in [0.4, 0.5) is 5.13 Å². The number of thiazole rings is 1. The highest BCUT2D eigenvalue weighted by Crippen LogP contribution is 2.25. The van der Waals surface area contributed by atoms with E-state index in [0.29, 0.717) is 10.0 Å². The summed E-state index contributed by atoms with van der Waals surface area (Å²) in [5.74, 6) is -0.893. The summed E-state index contributed by atoms with van der Waals surface area (Å²) < 4.78 is 6.05. The summed E-state index contributed by atoms with van der Waals surface area (Å²) in [6.07, 6.45) is 0. The molecule has 1 N–H and O–H groups in total. The van der Waals surface area contributed by atoms with Gasteiger partial charge in [0.1, 0.15) is 4.88 Å². The number of nitrogens with zero attached hydrogens (tertiary/aromatic N) is 1. The molecule has 5 nitrogen and oxygen atoms in total. The molecule has 3 aromatic rings. The number of thiophene rings is 1. The first-order valence-electron chi connectivity index (χ1n) is 6.49. The van der Waals surface area contributed by atoms with E-state index in [-0.39, 0.29) is 6.61 Å². The fourth-order valence-corrected chi connectivity index (χ4v) is 3.51. The molecule has 0 fully saturated rings. The minimum absolute atomic E-state index is 0.328. The third kappa shape index (κ3) is 3.32. The van der Waals surface area contributed by atoms with Gasteiger partial charge in [0.15, 0.2) is 11.7 Å². The lowest BCUT2D eigenvalue weighted by molar-refractivity contribution is -0.119. The highest BCUT2D eigenvalue weighted by Gasteiger charge is 2.14. The van der Waals surface area contributed by atoms with Crippen LogP contribution in [0.2, 0.25) is 0 Å². The molecular weight excluding hydrogens is 320 g/mol. The molecule has 7 heteroatoms. The highest BCUT2D eigenvalue weighted by molar-refractivity contribution is 7.20. The lowest BCUT2D eigenvalue weighted by atomic mass is 10.2. The number of esters is 1. The molecule has 0 saturated carbocycles. The van der Waals surface area contributed by atoms with Crippen LogP contribution in [0.3, 0.4) is 0 Å². The Morgan fingerprint density at radius 3 is 2.86 bits per heavy atom. The number of carbonyl (C=O) groups excluding carboxylic acids is 2. The lowest BCUT2D eigenvalue weighted by Gasteiger charge is -2.02. The zero-order valence-electron chi connectivity index (χ0n) is 11.7. The van der Waals surface area contributed by atoms with Crippen molar-refractivity contribution in [3.63, 3.8) is 0 Å². The van der Waals surface area contributed by atoms with Gasteiger partial charge in [0.25, 0.3) is 5.91 Å². The topological polar surface area (TPSA) is 68.3 Å². The number of carbonyl (C=O) groups is 2. The van der Waals surface area contributed by atoms with Gasteiger partial charge in [-0.05, 0) is 24.4 Å². The Hall–Kier alpha value is -2.25. The summed E-state index contributed by atoms with van der Waals surface area (Å²) in [4.78, 5) is 28.3. The largest absolute Gasteiger partial charge is 0.451 e. The van der Waals surface area contributed by atoms with Crippen LogP contribution in [-0.2, 0) is 9.53 Å². The van der Waals surface area contributed by atoms with Gasteiger partial charge >= 0.3 is 5.97 Å². The number of hydrogen-bond donors (Lipinski definition) is 1. The Morgan fingerprint density at radius 2 is 2.14 bits per heavy atom. The molecule has 112 valence electrons. The number of benzene rings is 1. The molecule has 2 aromatic heterocycles. The van der Waals surface area contributed by atoms with Gasteiger partial charge in [-0.3, -0.25) is 10.1 Å². The van der Waals surface area contributed by atoms with Crippen molar-refractivity contribution in [2.75, 3.05) is 11.9 Å². The Morgan fingerprint density at radius 1 is 1.32 bits per heavy atom. The van der Waals surface area contributed by atoms with Crippen molar-refractivity contribution >= 4 is 49.8 Å². The van der Waals surface area contributed by atoms with Crippen molar-refractivity contribution in [3.05, 3.63) is 46.3 Å². The number of hydrogen-bond acceptors (Lipinski definition) is 6. The van der Waals surface area contributed by atoms with Crippen molar-refractivity contribution in [2.24, 2.45) is 0 Å². The van der Waals surface area contributed by atoms with Crippen LogP contribution < -0.4 is 5.32 Å². The number of rotatable bonds is 4. The SMILES string of the molecule is Cc1csc(NC(=O)COC(=O)c2cc3ccccc3s2)n1. The molecule has 0 aliphatic heterocycles. The summed E-state index contributed by atoms with van der Waals surface area (Å²) >= 11 is 2.68. The second-order valence-corrected chi connectivity index (χ2v) is 6.51. The number of fused-ring (bicyclic) bond motifs is 1. The fourth-order valence-electron chi connectivity index (χ4n) is 1.85. The molecule has 22 heavy (non-hydrogen) atoms. The van der Waals surface area contributed by atoms with Crippen LogP contribution in [0.1, 0.15) is 15.4 Å². The zero-order valence-corrected chi connectivity index (χ0v) is 13.3.